The molecule has 20 heavy (non-hydrogen) atoms. The predicted octanol–water partition coefficient (Wildman–Crippen LogP) is 1.35. The third kappa shape index (κ3) is 1.80. The van der Waals surface area contributed by atoms with Crippen molar-refractivity contribution in [2.24, 2.45) is 14.1 Å². The maximum Gasteiger partial charge on any atom is 0.200 e. The number of fused-ring (bicyclic) bond motifs is 1. The monoisotopic (exact) mass is 266 g/mol. The van der Waals surface area contributed by atoms with Gasteiger partial charge in [0.25, 0.3) is 0 Å². The van der Waals surface area contributed by atoms with Crippen molar-refractivity contribution in [1.82, 2.24) is 19.3 Å². The highest BCUT2D eigenvalue weighted by Gasteiger charge is 2.12. The average molecular weight is 266 g/mol. The average Bonchev–Trinajstić information content (AvgIpc) is 2.94. The van der Waals surface area contributed by atoms with E-state index in [2.05, 4.69) is 16.2 Å². The maximum atomic E-state index is 9.32. The van der Waals surface area contributed by atoms with Gasteiger partial charge in [-0.2, -0.15) is 10.4 Å². The second-order valence-electron chi connectivity index (χ2n) is 4.77. The second-order valence-corrected chi connectivity index (χ2v) is 4.77. The molecule has 3 aromatic rings. The molecule has 6 heteroatoms. The molecule has 0 radical (unpaired) electrons. The lowest BCUT2D eigenvalue weighted by atomic mass is 10.0. The first-order valence-corrected chi connectivity index (χ1v) is 6.22. The summed E-state index contributed by atoms with van der Waals surface area (Å²) in [6, 6.07) is 8.04. The Morgan fingerprint density at radius 1 is 1.35 bits per heavy atom. The van der Waals surface area contributed by atoms with E-state index in [4.69, 9.17) is 5.73 Å². The van der Waals surface area contributed by atoms with Gasteiger partial charge in [-0.25, -0.2) is 4.98 Å². The Balaban J connectivity index is 2.14. The van der Waals surface area contributed by atoms with Gasteiger partial charge in [-0.3, -0.25) is 4.68 Å². The molecule has 0 unspecified atom stereocenters. The van der Waals surface area contributed by atoms with E-state index < -0.39 is 0 Å². The summed E-state index contributed by atoms with van der Waals surface area (Å²) in [6.07, 6.45) is 2.47. The van der Waals surface area contributed by atoms with Crippen molar-refractivity contribution in [3.63, 3.8) is 0 Å². The number of hydrogen-bond acceptors (Lipinski definition) is 4. The number of nitrogens with zero attached hydrogens (tertiary/aromatic N) is 5. The highest BCUT2D eigenvalue weighted by atomic mass is 15.2. The number of nitrogens with two attached hydrogens (primary N) is 1. The smallest absolute Gasteiger partial charge is 0.200 e. The van der Waals surface area contributed by atoms with Crippen LogP contribution in [0.5, 0.6) is 0 Å². The van der Waals surface area contributed by atoms with Crippen LogP contribution in [0, 0.1) is 11.3 Å². The molecule has 2 aromatic heterocycles. The minimum absolute atomic E-state index is 0.411. The molecular weight excluding hydrogens is 252 g/mol. The molecule has 0 amide bonds. The first-order chi connectivity index (χ1) is 9.60. The van der Waals surface area contributed by atoms with Crippen molar-refractivity contribution >= 4 is 17.0 Å². The summed E-state index contributed by atoms with van der Waals surface area (Å²) in [7, 11) is 3.71. The summed E-state index contributed by atoms with van der Waals surface area (Å²) >= 11 is 0. The number of benzene rings is 1. The van der Waals surface area contributed by atoms with Crippen molar-refractivity contribution in [2.75, 3.05) is 5.73 Å². The molecule has 100 valence electrons. The first-order valence-electron chi connectivity index (χ1n) is 6.22. The van der Waals surface area contributed by atoms with Crippen molar-refractivity contribution in [3.8, 4) is 6.07 Å². The maximum absolute atomic E-state index is 9.32. The highest BCUT2D eigenvalue weighted by molar-refractivity contribution is 5.85. The molecule has 2 heterocycles. The Hall–Kier alpha value is -2.81. The second kappa shape index (κ2) is 4.38. The first kappa shape index (κ1) is 12.2. The lowest BCUT2D eigenvalue weighted by Gasteiger charge is -2.05. The molecule has 0 aliphatic heterocycles. The minimum atomic E-state index is 0.411. The molecule has 6 nitrogen and oxygen atoms in total. The molecule has 0 bridgehead atoms. The van der Waals surface area contributed by atoms with Gasteiger partial charge in [-0.1, -0.05) is 0 Å². The standard InChI is InChI=1S/C14H14N6/c1-19-13-10(8-15)5-9(7-12(13)18-14(19)16)6-11-3-4-17-20(11)2/h3-5,7H,6H2,1-2H3,(H2,16,18). The highest BCUT2D eigenvalue weighted by Crippen LogP contribution is 2.23. The number of nitriles is 1. The van der Waals surface area contributed by atoms with Crippen LogP contribution < -0.4 is 5.73 Å². The van der Waals surface area contributed by atoms with E-state index >= 15 is 0 Å². The number of anilines is 1. The Labute approximate surface area is 116 Å². The molecule has 0 spiro atoms. The molecule has 0 aliphatic carbocycles. The zero-order valence-corrected chi connectivity index (χ0v) is 11.3. The van der Waals surface area contributed by atoms with Crippen LogP contribution in [0.15, 0.2) is 24.4 Å². The molecular formula is C14H14N6. The zero-order chi connectivity index (χ0) is 14.3. The zero-order valence-electron chi connectivity index (χ0n) is 11.3. The van der Waals surface area contributed by atoms with Crippen LogP contribution in [-0.2, 0) is 20.5 Å². The van der Waals surface area contributed by atoms with Crippen LogP contribution >= 0.6 is 0 Å². The van der Waals surface area contributed by atoms with Gasteiger partial charge in [0.1, 0.15) is 6.07 Å². The lowest BCUT2D eigenvalue weighted by molar-refractivity contribution is 0.724. The summed E-state index contributed by atoms with van der Waals surface area (Å²) in [5.41, 5.74) is 10.0. The van der Waals surface area contributed by atoms with Crippen molar-refractivity contribution in [3.05, 3.63) is 41.2 Å². The minimum Gasteiger partial charge on any atom is -0.369 e. The number of rotatable bonds is 2. The van der Waals surface area contributed by atoms with Crippen molar-refractivity contribution < 1.29 is 0 Å². The van der Waals surface area contributed by atoms with E-state index in [0.717, 1.165) is 22.3 Å². The number of nitrogen functional groups attached to an aromatic ring is 1. The predicted molar refractivity (Wildman–Crippen MR) is 75.9 cm³/mol. The molecule has 0 atom stereocenters. The Morgan fingerprint density at radius 2 is 2.15 bits per heavy atom. The van der Waals surface area contributed by atoms with Gasteiger partial charge in [-0.05, 0) is 23.8 Å². The summed E-state index contributed by atoms with van der Waals surface area (Å²) in [5, 5.41) is 13.5. The third-order valence-corrected chi connectivity index (χ3v) is 3.49. The van der Waals surface area contributed by atoms with Crippen molar-refractivity contribution in [1.29, 1.82) is 5.26 Å². The van der Waals surface area contributed by atoms with Gasteiger partial charge < -0.3 is 10.3 Å². The molecule has 0 saturated carbocycles. The van der Waals surface area contributed by atoms with Gasteiger partial charge >= 0.3 is 0 Å². The SMILES string of the molecule is Cn1nccc1Cc1cc(C#N)c2c(c1)nc(N)n2C. The third-order valence-electron chi connectivity index (χ3n) is 3.49. The number of imidazole rings is 1. The fourth-order valence-electron chi connectivity index (χ4n) is 2.40. The Bertz CT molecular complexity index is 833. The van der Waals surface area contributed by atoms with E-state index in [1.807, 2.05) is 37.0 Å². The van der Waals surface area contributed by atoms with Crippen LogP contribution in [0.3, 0.4) is 0 Å². The largest absolute Gasteiger partial charge is 0.369 e. The topological polar surface area (TPSA) is 85.4 Å². The van der Waals surface area contributed by atoms with E-state index in [-0.39, 0.29) is 0 Å². The fraction of sp³-hybridized carbons (Fsp3) is 0.214. The summed E-state index contributed by atoms with van der Waals surface area (Å²) in [5.74, 6) is 0.411. The number of aryl methyl sites for hydroxylation is 2. The van der Waals surface area contributed by atoms with Gasteiger partial charge in [0, 0.05) is 32.4 Å². The normalized spacial score (nSPS) is 10.8. The Morgan fingerprint density at radius 3 is 2.80 bits per heavy atom. The molecule has 3 rings (SSSR count). The van der Waals surface area contributed by atoms with Crippen LogP contribution in [-0.4, -0.2) is 19.3 Å². The summed E-state index contributed by atoms with van der Waals surface area (Å²) in [4.78, 5) is 4.30. The van der Waals surface area contributed by atoms with Gasteiger partial charge in [-0.15, -0.1) is 0 Å². The lowest BCUT2D eigenvalue weighted by Crippen LogP contribution is -2.00. The quantitative estimate of drug-likeness (QED) is 0.758. The number of aromatic nitrogens is 4. The summed E-state index contributed by atoms with van der Waals surface area (Å²) in [6.45, 7) is 0. The van der Waals surface area contributed by atoms with Crippen LogP contribution in [0.2, 0.25) is 0 Å². The number of hydrogen-bond donors (Lipinski definition) is 1. The fourth-order valence-corrected chi connectivity index (χ4v) is 2.40. The van der Waals surface area contributed by atoms with Crippen molar-refractivity contribution in [2.45, 2.75) is 6.42 Å². The van der Waals surface area contributed by atoms with Crippen LogP contribution in [0.25, 0.3) is 11.0 Å². The van der Waals surface area contributed by atoms with E-state index in [1.54, 1.807) is 10.8 Å². The van der Waals surface area contributed by atoms with Crippen LogP contribution in [0.1, 0.15) is 16.8 Å². The van der Waals surface area contributed by atoms with Crippen LogP contribution in [0.4, 0.5) is 5.95 Å². The van der Waals surface area contributed by atoms with E-state index in [0.29, 0.717) is 17.9 Å². The molecule has 1 aromatic carbocycles. The van der Waals surface area contributed by atoms with E-state index in [1.165, 1.54) is 0 Å². The Kier molecular flexibility index (Phi) is 2.68. The molecule has 2 N–H and O–H groups in total. The van der Waals surface area contributed by atoms with Gasteiger partial charge in [0.15, 0.2) is 0 Å². The van der Waals surface area contributed by atoms with Gasteiger partial charge in [0.2, 0.25) is 5.95 Å². The van der Waals surface area contributed by atoms with Gasteiger partial charge in [0.05, 0.1) is 16.6 Å². The molecule has 0 aliphatic rings. The van der Waals surface area contributed by atoms with E-state index in [9.17, 15) is 5.26 Å². The summed E-state index contributed by atoms with van der Waals surface area (Å²) < 4.78 is 3.56. The molecule has 0 saturated heterocycles. The molecule has 0 fully saturated rings.